The van der Waals surface area contributed by atoms with E-state index in [0.29, 0.717) is 77.4 Å². The fraction of sp³-hybridized carbons (Fsp3) is 0.471. The van der Waals surface area contributed by atoms with E-state index in [4.69, 9.17) is 33.4 Å². The third kappa shape index (κ3) is 6.05. The molecule has 44 heavy (non-hydrogen) atoms. The van der Waals surface area contributed by atoms with Gasteiger partial charge in [0.05, 0.1) is 71.0 Å². The number of benzene rings is 3. The SMILES string of the molecule is CN1c2ccccc2C(C)(C)C12C=Nc1c(ccc3ccc(OC(=O)CN4CCOCCOCCOCCOCC4)cc13)O2. The van der Waals surface area contributed by atoms with Crippen molar-refractivity contribution in [3.8, 4) is 11.5 Å². The number of anilines is 1. The summed E-state index contributed by atoms with van der Waals surface area (Å²) in [7, 11) is 2.05. The van der Waals surface area contributed by atoms with Crippen molar-refractivity contribution in [1.29, 1.82) is 0 Å². The van der Waals surface area contributed by atoms with Gasteiger partial charge in [0, 0.05) is 31.2 Å². The van der Waals surface area contributed by atoms with Gasteiger partial charge in [0.25, 0.3) is 0 Å². The molecule has 0 radical (unpaired) electrons. The Morgan fingerprint density at radius 2 is 1.50 bits per heavy atom. The van der Waals surface area contributed by atoms with E-state index in [9.17, 15) is 4.79 Å². The predicted molar refractivity (Wildman–Crippen MR) is 169 cm³/mol. The molecule has 1 spiro atoms. The molecule has 10 heteroatoms. The molecule has 1 fully saturated rings. The van der Waals surface area contributed by atoms with E-state index >= 15 is 0 Å². The molecule has 3 heterocycles. The van der Waals surface area contributed by atoms with Gasteiger partial charge < -0.3 is 33.3 Å². The number of fused-ring (bicyclic) bond motifs is 4. The van der Waals surface area contributed by atoms with E-state index in [2.05, 4.69) is 36.9 Å². The fourth-order valence-electron chi connectivity index (χ4n) is 6.18. The van der Waals surface area contributed by atoms with Crippen molar-refractivity contribution in [2.45, 2.75) is 25.0 Å². The molecule has 0 bridgehead atoms. The zero-order valence-corrected chi connectivity index (χ0v) is 25.8. The zero-order valence-electron chi connectivity index (χ0n) is 25.8. The van der Waals surface area contributed by atoms with E-state index in [1.165, 1.54) is 5.56 Å². The molecule has 0 saturated carbocycles. The van der Waals surface area contributed by atoms with Gasteiger partial charge in [-0.05, 0) is 49.1 Å². The summed E-state index contributed by atoms with van der Waals surface area (Å²) in [4.78, 5) is 22.2. The summed E-state index contributed by atoms with van der Waals surface area (Å²) >= 11 is 0. The average molecular weight is 604 g/mol. The van der Waals surface area contributed by atoms with Crippen LogP contribution in [0.4, 0.5) is 11.4 Å². The molecule has 1 saturated heterocycles. The number of likely N-dealkylation sites (N-methyl/N-ethyl adjacent to an activating group) is 1. The number of para-hydroxylation sites is 1. The third-order valence-electron chi connectivity index (χ3n) is 8.70. The number of nitrogens with zero attached hydrogens (tertiary/aromatic N) is 3. The molecule has 3 aromatic rings. The van der Waals surface area contributed by atoms with Gasteiger partial charge in [-0.2, -0.15) is 0 Å². The third-order valence-corrected chi connectivity index (χ3v) is 8.70. The van der Waals surface area contributed by atoms with Crippen molar-refractivity contribution in [1.82, 2.24) is 4.90 Å². The molecule has 0 aromatic heterocycles. The Morgan fingerprint density at radius 3 is 2.18 bits per heavy atom. The quantitative estimate of drug-likeness (QED) is 0.320. The Labute approximate surface area is 258 Å². The van der Waals surface area contributed by atoms with Crippen molar-refractivity contribution >= 4 is 34.3 Å². The lowest BCUT2D eigenvalue weighted by atomic mass is 9.77. The minimum atomic E-state index is -0.769. The van der Waals surface area contributed by atoms with Crippen molar-refractivity contribution < 1.29 is 33.2 Å². The minimum Gasteiger partial charge on any atom is -0.459 e. The van der Waals surface area contributed by atoms with Crippen LogP contribution in [0.3, 0.4) is 0 Å². The number of carbonyl (C=O) groups is 1. The predicted octanol–water partition coefficient (Wildman–Crippen LogP) is 4.35. The first-order valence-electron chi connectivity index (χ1n) is 15.3. The maximum absolute atomic E-state index is 13.1. The lowest BCUT2D eigenvalue weighted by Gasteiger charge is -2.45. The van der Waals surface area contributed by atoms with E-state index in [1.807, 2.05) is 54.6 Å². The van der Waals surface area contributed by atoms with Crippen LogP contribution in [0.15, 0.2) is 59.6 Å². The van der Waals surface area contributed by atoms with Crippen molar-refractivity contribution in [2.75, 3.05) is 84.4 Å². The van der Waals surface area contributed by atoms with Gasteiger partial charge in [-0.1, -0.05) is 30.3 Å². The van der Waals surface area contributed by atoms with Gasteiger partial charge >= 0.3 is 5.97 Å². The number of carbonyl (C=O) groups excluding carboxylic acids is 1. The first-order valence-corrected chi connectivity index (χ1v) is 15.3. The molecule has 0 amide bonds. The molecule has 1 unspecified atom stereocenters. The summed E-state index contributed by atoms with van der Waals surface area (Å²) in [5.41, 5.74) is 1.95. The van der Waals surface area contributed by atoms with Crippen LogP contribution in [0.5, 0.6) is 11.5 Å². The van der Waals surface area contributed by atoms with E-state index in [1.54, 1.807) is 0 Å². The largest absolute Gasteiger partial charge is 0.459 e. The van der Waals surface area contributed by atoms with Crippen LogP contribution < -0.4 is 14.4 Å². The van der Waals surface area contributed by atoms with Crippen LogP contribution in [0, 0.1) is 0 Å². The zero-order chi connectivity index (χ0) is 30.6. The van der Waals surface area contributed by atoms with Crippen molar-refractivity contribution in [3.05, 3.63) is 60.2 Å². The van der Waals surface area contributed by atoms with Gasteiger partial charge in [0.15, 0.2) is 0 Å². The van der Waals surface area contributed by atoms with E-state index in [0.717, 1.165) is 22.1 Å². The standard InChI is InChI=1S/C34H41N3O7/c1-33(2)28-6-4-5-7-29(28)36(3)34(33)24-35-32-27-22-26(10-8-25(27)9-11-30(32)44-34)43-31(38)23-37-12-14-39-16-18-41-20-21-42-19-17-40-15-13-37/h4-11,22,24H,12-21,23H2,1-3H3. The summed E-state index contributed by atoms with van der Waals surface area (Å²) < 4.78 is 35.0. The molecule has 3 aliphatic heterocycles. The normalized spacial score (nSPS) is 22.9. The summed E-state index contributed by atoms with van der Waals surface area (Å²) in [5, 5.41) is 1.84. The molecule has 3 aromatic carbocycles. The number of rotatable bonds is 3. The number of aliphatic imine (C=N–C) groups is 1. The highest BCUT2D eigenvalue weighted by Crippen LogP contribution is 2.54. The van der Waals surface area contributed by atoms with Gasteiger partial charge in [-0.3, -0.25) is 14.7 Å². The van der Waals surface area contributed by atoms with Crippen LogP contribution in [0.25, 0.3) is 10.8 Å². The Balaban J connectivity index is 1.16. The van der Waals surface area contributed by atoms with Gasteiger partial charge in [0.1, 0.15) is 17.2 Å². The van der Waals surface area contributed by atoms with Gasteiger partial charge in [-0.15, -0.1) is 0 Å². The second kappa shape index (κ2) is 13.2. The van der Waals surface area contributed by atoms with E-state index in [-0.39, 0.29) is 17.9 Å². The second-order valence-electron chi connectivity index (χ2n) is 11.8. The molecule has 0 N–H and O–H groups in total. The number of hydrogen-bond donors (Lipinski definition) is 0. The van der Waals surface area contributed by atoms with Gasteiger partial charge in [0.2, 0.25) is 5.72 Å². The lowest BCUT2D eigenvalue weighted by Crippen LogP contribution is -2.61. The Kier molecular flexibility index (Phi) is 9.16. The number of ether oxygens (including phenoxy) is 6. The lowest BCUT2D eigenvalue weighted by molar-refractivity contribution is -0.136. The molecule has 10 nitrogen and oxygen atoms in total. The summed E-state index contributed by atoms with van der Waals surface area (Å²) in [6.07, 6.45) is 1.91. The molecule has 0 aliphatic carbocycles. The maximum Gasteiger partial charge on any atom is 0.325 e. The Morgan fingerprint density at radius 1 is 0.864 bits per heavy atom. The average Bonchev–Trinajstić information content (AvgIpc) is 3.17. The molecule has 234 valence electrons. The van der Waals surface area contributed by atoms with Crippen molar-refractivity contribution in [3.63, 3.8) is 0 Å². The molecule has 6 rings (SSSR count). The van der Waals surface area contributed by atoms with Gasteiger partial charge in [-0.25, -0.2) is 0 Å². The number of hydrogen-bond acceptors (Lipinski definition) is 10. The fourth-order valence-corrected chi connectivity index (χ4v) is 6.18. The monoisotopic (exact) mass is 603 g/mol. The second-order valence-corrected chi connectivity index (χ2v) is 11.8. The highest BCUT2D eigenvalue weighted by molar-refractivity contribution is 6.00. The van der Waals surface area contributed by atoms with Crippen LogP contribution in [-0.2, 0) is 29.2 Å². The summed E-state index contributed by atoms with van der Waals surface area (Å²) in [5.74, 6) is 0.787. The molecule has 3 aliphatic rings. The topological polar surface area (TPSA) is 91.3 Å². The Bertz CT molecular complexity index is 1490. The molecular weight excluding hydrogens is 562 g/mol. The summed E-state index contributed by atoms with van der Waals surface area (Å²) in [6.45, 7) is 9.64. The minimum absolute atomic E-state index is 0.108. The highest BCUT2D eigenvalue weighted by atomic mass is 16.6. The van der Waals surface area contributed by atoms with Crippen LogP contribution in [-0.4, -0.2) is 102 Å². The first-order chi connectivity index (χ1) is 21.4. The first kappa shape index (κ1) is 30.5. The van der Waals surface area contributed by atoms with Crippen molar-refractivity contribution in [2.24, 2.45) is 4.99 Å². The number of esters is 1. The van der Waals surface area contributed by atoms with Crippen LogP contribution in [0.1, 0.15) is 19.4 Å². The maximum atomic E-state index is 13.1. The highest BCUT2D eigenvalue weighted by Gasteiger charge is 2.58. The van der Waals surface area contributed by atoms with Crippen LogP contribution in [0.2, 0.25) is 0 Å². The molecule has 1 atom stereocenters. The summed E-state index contributed by atoms with van der Waals surface area (Å²) in [6, 6.07) is 18.0. The smallest absolute Gasteiger partial charge is 0.325 e. The van der Waals surface area contributed by atoms with Crippen LogP contribution >= 0.6 is 0 Å². The van der Waals surface area contributed by atoms with E-state index < -0.39 is 5.72 Å². The Hall–Kier alpha value is -3.54. The molecular formula is C34H41N3O7.